The van der Waals surface area contributed by atoms with Crippen molar-refractivity contribution in [2.45, 2.75) is 183 Å². The molecule has 0 saturated carbocycles. The second-order valence-electron chi connectivity index (χ2n) is 16.2. The van der Waals surface area contributed by atoms with Gasteiger partial charge in [-0.1, -0.05) is 13.3 Å². The van der Waals surface area contributed by atoms with Gasteiger partial charge in [0.25, 0.3) is 0 Å². The second kappa shape index (κ2) is 27.9. The molecule has 0 spiro atoms. The number of carbonyl (C=O) groups is 11. The van der Waals surface area contributed by atoms with Gasteiger partial charge in [0.2, 0.25) is 17.7 Å². The van der Waals surface area contributed by atoms with E-state index in [4.69, 9.17) is 5.73 Å². The van der Waals surface area contributed by atoms with Crippen molar-refractivity contribution in [3.05, 3.63) is 0 Å². The van der Waals surface area contributed by atoms with Gasteiger partial charge in [-0.3, -0.25) is 52.7 Å². The van der Waals surface area contributed by atoms with E-state index in [1.165, 1.54) is 0 Å². The van der Waals surface area contributed by atoms with Crippen LogP contribution in [-0.4, -0.2) is 128 Å². The SMILES string of the molecule is CCCC(CCC(=O)O)(CCC(=O)O)NC(=O)CCC(N)(CCC(=O)NC(CCC(=O)O)(CCC(=O)O)CCC(=O)O)CCC(=O)NC(CCC(=O)O)(CCC(=O)O)CCC(=O)O. The first-order valence-electron chi connectivity index (χ1n) is 20.7. The Hall–Kier alpha value is -5.87. The van der Waals surface area contributed by atoms with E-state index in [1.54, 1.807) is 6.92 Å². The lowest BCUT2D eigenvalue weighted by Crippen LogP contribution is -2.52. The average Bonchev–Trinajstić information content (AvgIpc) is 3.18. The number of nitrogens with two attached hydrogens (primary N) is 1. The Morgan fingerprint density at radius 3 is 0.651 bits per heavy atom. The van der Waals surface area contributed by atoms with Gasteiger partial charge < -0.3 is 62.5 Å². The molecule has 0 aromatic carbocycles. The van der Waals surface area contributed by atoms with Crippen LogP contribution < -0.4 is 21.7 Å². The fourth-order valence-electron chi connectivity index (χ4n) is 7.47. The Morgan fingerprint density at radius 2 is 0.492 bits per heavy atom. The number of hydrogen-bond acceptors (Lipinski definition) is 12. The molecule has 0 aromatic heterocycles. The lowest BCUT2D eigenvalue weighted by molar-refractivity contribution is -0.141. The molecule has 0 bridgehead atoms. The Morgan fingerprint density at radius 1 is 0.317 bits per heavy atom. The van der Waals surface area contributed by atoms with Gasteiger partial charge in [0.05, 0.1) is 0 Å². The van der Waals surface area contributed by atoms with E-state index in [0.717, 1.165) is 0 Å². The highest BCUT2D eigenvalue weighted by molar-refractivity contribution is 5.80. The van der Waals surface area contributed by atoms with E-state index in [1.807, 2.05) is 0 Å². The molecule has 0 atom stereocenters. The molecule has 0 saturated heterocycles. The van der Waals surface area contributed by atoms with E-state index in [0.29, 0.717) is 6.42 Å². The van der Waals surface area contributed by atoms with E-state index in [9.17, 15) is 93.6 Å². The van der Waals surface area contributed by atoms with Crippen molar-refractivity contribution in [1.29, 1.82) is 0 Å². The summed E-state index contributed by atoms with van der Waals surface area (Å²) >= 11 is 0. The molecule has 0 unspecified atom stereocenters. The molecule has 23 nitrogen and oxygen atoms in total. The zero-order chi connectivity index (χ0) is 48.4. The number of amides is 3. The third kappa shape index (κ3) is 26.3. The minimum Gasteiger partial charge on any atom is -0.481 e. The van der Waals surface area contributed by atoms with E-state index < -0.39 is 158 Å². The first-order valence-corrected chi connectivity index (χ1v) is 20.7. The van der Waals surface area contributed by atoms with Gasteiger partial charge in [-0.05, 0) is 77.0 Å². The van der Waals surface area contributed by atoms with Gasteiger partial charge in [-0.2, -0.15) is 0 Å². The van der Waals surface area contributed by atoms with Crippen LogP contribution >= 0.6 is 0 Å². The third-order valence-corrected chi connectivity index (χ3v) is 11.0. The smallest absolute Gasteiger partial charge is 0.303 e. The number of hydrogen-bond donors (Lipinski definition) is 12. The van der Waals surface area contributed by atoms with Crippen LogP contribution in [0.3, 0.4) is 0 Å². The Bertz CT molecular complexity index is 1440. The Balaban J connectivity index is 6.83. The molecule has 63 heavy (non-hydrogen) atoms. The zero-order valence-corrected chi connectivity index (χ0v) is 35.6. The average molecular weight is 905 g/mol. The summed E-state index contributed by atoms with van der Waals surface area (Å²) in [7, 11) is 0. The normalized spacial score (nSPS) is 11.8. The maximum absolute atomic E-state index is 13.6. The van der Waals surface area contributed by atoms with Crippen LogP contribution in [0.25, 0.3) is 0 Å². The maximum atomic E-state index is 13.6. The summed E-state index contributed by atoms with van der Waals surface area (Å²) in [6.07, 6.45) is -7.94. The number of nitrogens with one attached hydrogen (secondary N) is 3. The summed E-state index contributed by atoms with van der Waals surface area (Å²) in [5.41, 5.74) is 0.792. The highest BCUT2D eigenvalue weighted by Crippen LogP contribution is 2.31. The molecule has 0 rings (SSSR count). The number of carboxylic acids is 8. The molecule has 3 amide bonds. The molecular weight excluding hydrogens is 840 g/mol. The van der Waals surface area contributed by atoms with Gasteiger partial charge in [0.15, 0.2) is 0 Å². The molecule has 0 heterocycles. The second-order valence-corrected chi connectivity index (χ2v) is 16.2. The van der Waals surface area contributed by atoms with Crippen LogP contribution in [0.2, 0.25) is 0 Å². The number of rotatable bonds is 38. The van der Waals surface area contributed by atoms with Crippen LogP contribution in [0.5, 0.6) is 0 Å². The fraction of sp³-hybridized carbons (Fsp3) is 0.725. The van der Waals surface area contributed by atoms with Crippen LogP contribution in [-0.2, 0) is 52.7 Å². The largest absolute Gasteiger partial charge is 0.481 e. The van der Waals surface area contributed by atoms with Crippen LogP contribution in [0, 0.1) is 0 Å². The molecule has 13 N–H and O–H groups in total. The molecule has 358 valence electrons. The quantitative estimate of drug-likeness (QED) is 0.0423. The topological polar surface area (TPSA) is 412 Å². The summed E-state index contributed by atoms with van der Waals surface area (Å²) < 4.78 is 0. The Labute approximate surface area is 363 Å². The molecule has 0 fully saturated rings. The summed E-state index contributed by atoms with van der Waals surface area (Å²) in [6.45, 7) is 1.75. The Kier molecular flexibility index (Phi) is 25.3. The summed E-state index contributed by atoms with van der Waals surface area (Å²) in [6, 6.07) is 0. The van der Waals surface area contributed by atoms with E-state index in [-0.39, 0.29) is 77.0 Å². The zero-order valence-electron chi connectivity index (χ0n) is 35.6. The predicted octanol–water partition coefficient (Wildman–Crippen LogP) is 2.31. The molecule has 0 aromatic rings. The number of carboxylic acid groups (broad SMARTS) is 8. The van der Waals surface area contributed by atoms with Crippen molar-refractivity contribution in [3.63, 3.8) is 0 Å². The van der Waals surface area contributed by atoms with Crippen molar-refractivity contribution in [2.24, 2.45) is 5.73 Å². The summed E-state index contributed by atoms with van der Waals surface area (Å²) in [5.74, 6) is -12.5. The van der Waals surface area contributed by atoms with Crippen molar-refractivity contribution in [1.82, 2.24) is 16.0 Å². The maximum Gasteiger partial charge on any atom is 0.303 e. The number of aliphatic carboxylic acids is 8. The molecule has 0 aliphatic carbocycles. The van der Waals surface area contributed by atoms with Crippen LogP contribution in [0.4, 0.5) is 0 Å². The monoisotopic (exact) mass is 904 g/mol. The van der Waals surface area contributed by atoms with Gasteiger partial charge in [-0.15, -0.1) is 0 Å². The lowest BCUT2D eigenvalue weighted by atomic mass is 9.81. The number of carbonyl (C=O) groups excluding carboxylic acids is 3. The van der Waals surface area contributed by atoms with Crippen molar-refractivity contribution in [3.8, 4) is 0 Å². The van der Waals surface area contributed by atoms with E-state index in [2.05, 4.69) is 16.0 Å². The summed E-state index contributed by atoms with van der Waals surface area (Å²) in [4.78, 5) is 133. The lowest BCUT2D eigenvalue weighted by Gasteiger charge is -2.37. The molecule has 23 heteroatoms. The van der Waals surface area contributed by atoms with Crippen LogP contribution in [0.15, 0.2) is 0 Å². The standard InChI is InChI=1S/C40H64N4O19/c1-2-14-38(18-6-29(48)49,19-7-30(50)51)42-26(45)3-15-37(41,16-4-27(46)43-39(20-8-31(52)53,21-9-32(54)55)22-10-33(56)57)17-5-28(47)44-40(23-11-34(58)59,24-12-35(60)61)25-13-36(62)63/h2-25,41H2,1H3,(H,42,45)(H,43,46)(H,44,47)(H,48,49)(H,50,51)(H,52,53)(H,54,55)(H,56,57)(H,58,59)(H,60,61)(H,62,63). The minimum absolute atomic E-state index is 0.107. The van der Waals surface area contributed by atoms with Gasteiger partial charge in [-0.25, -0.2) is 0 Å². The minimum atomic E-state index is -1.60. The molecule has 0 radical (unpaired) electrons. The van der Waals surface area contributed by atoms with Crippen molar-refractivity contribution in [2.75, 3.05) is 0 Å². The predicted molar refractivity (Wildman–Crippen MR) is 217 cm³/mol. The fourth-order valence-corrected chi connectivity index (χ4v) is 7.47. The highest BCUT2D eigenvalue weighted by Gasteiger charge is 2.38. The highest BCUT2D eigenvalue weighted by atomic mass is 16.4. The first kappa shape index (κ1) is 57.1. The van der Waals surface area contributed by atoms with Gasteiger partial charge in [0.1, 0.15) is 0 Å². The molecular formula is C40H64N4O19. The third-order valence-electron chi connectivity index (χ3n) is 11.0. The van der Waals surface area contributed by atoms with Crippen molar-refractivity contribution < 1.29 is 93.6 Å². The van der Waals surface area contributed by atoms with Gasteiger partial charge >= 0.3 is 47.8 Å². The first-order chi connectivity index (χ1) is 29.2. The molecule has 0 aliphatic heterocycles. The van der Waals surface area contributed by atoms with Gasteiger partial charge in [0, 0.05) is 92.8 Å². The van der Waals surface area contributed by atoms with Crippen LogP contribution in [0.1, 0.15) is 161 Å². The summed E-state index contributed by atoms with van der Waals surface area (Å²) in [5, 5.41) is 82.9. The molecule has 0 aliphatic rings. The van der Waals surface area contributed by atoms with Crippen molar-refractivity contribution >= 4 is 65.5 Å². The van der Waals surface area contributed by atoms with E-state index >= 15 is 0 Å².